The van der Waals surface area contributed by atoms with Crippen molar-refractivity contribution in [2.45, 2.75) is 65.3 Å². The van der Waals surface area contributed by atoms with Gasteiger partial charge in [-0.25, -0.2) is 9.78 Å². The molecule has 1 aromatic carbocycles. The van der Waals surface area contributed by atoms with Crippen LogP contribution in [0.5, 0.6) is 5.75 Å². The van der Waals surface area contributed by atoms with Crippen molar-refractivity contribution < 1.29 is 9.47 Å². The number of anilines is 1. The van der Waals surface area contributed by atoms with E-state index in [1.54, 1.807) is 16.7 Å². The van der Waals surface area contributed by atoms with Gasteiger partial charge < -0.3 is 19.4 Å². The van der Waals surface area contributed by atoms with E-state index in [9.17, 15) is 9.59 Å². The molecule has 1 saturated heterocycles. The molecule has 10 heteroatoms. The second-order valence-electron chi connectivity index (χ2n) is 8.15. The Labute approximate surface area is 196 Å². The van der Waals surface area contributed by atoms with Crippen LogP contribution in [-0.2, 0) is 24.4 Å². The highest BCUT2D eigenvalue weighted by Gasteiger charge is 2.19. The minimum Gasteiger partial charge on any atom is -0.489 e. The fourth-order valence-corrected chi connectivity index (χ4v) is 4.29. The smallest absolute Gasteiger partial charge is 0.330 e. The molecule has 33 heavy (non-hydrogen) atoms. The first kappa shape index (κ1) is 23.4. The first-order chi connectivity index (χ1) is 16.0. The number of hydrogen-bond donors (Lipinski definition) is 2. The molecule has 0 aliphatic carbocycles. The number of aromatic nitrogens is 4. The number of aryl methyl sites for hydroxylation is 2. The van der Waals surface area contributed by atoms with Gasteiger partial charge in [-0.3, -0.25) is 14.3 Å². The van der Waals surface area contributed by atoms with Crippen LogP contribution in [0, 0.1) is 0 Å². The average Bonchev–Trinajstić information content (AvgIpc) is 3.44. The Bertz CT molecular complexity index is 1230. The SMILES string of the molecule is CCCCn1c(=O)[nH]c(=O)c2c1nc(CNc1cc(Cl)ccc1OCC1CCCO1)n2CC. The summed E-state index contributed by atoms with van der Waals surface area (Å²) in [6.07, 6.45) is 3.89. The third-order valence-electron chi connectivity index (χ3n) is 5.84. The van der Waals surface area contributed by atoms with Gasteiger partial charge in [0.05, 0.1) is 18.3 Å². The van der Waals surface area contributed by atoms with Crippen molar-refractivity contribution in [3.8, 4) is 5.75 Å². The van der Waals surface area contributed by atoms with Crippen molar-refractivity contribution in [2.75, 3.05) is 18.5 Å². The minimum atomic E-state index is -0.430. The summed E-state index contributed by atoms with van der Waals surface area (Å²) in [7, 11) is 0. The quantitative estimate of drug-likeness (QED) is 0.465. The molecule has 0 saturated carbocycles. The maximum Gasteiger partial charge on any atom is 0.330 e. The van der Waals surface area contributed by atoms with Gasteiger partial charge in [-0.1, -0.05) is 24.9 Å². The second kappa shape index (κ2) is 10.4. The fraction of sp³-hybridized carbons (Fsp3) is 0.522. The summed E-state index contributed by atoms with van der Waals surface area (Å²) in [6, 6.07) is 5.41. The van der Waals surface area contributed by atoms with Crippen LogP contribution >= 0.6 is 11.6 Å². The zero-order valence-corrected chi connectivity index (χ0v) is 19.8. The van der Waals surface area contributed by atoms with Gasteiger partial charge in [0, 0.05) is 24.7 Å². The highest BCUT2D eigenvalue weighted by Crippen LogP contribution is 2.29. The van der Waals surface area contributed by atoms with Gasteiger partial charge in [0.1, 0.15) is 18.2 Å². The molecule has 9 nitrogen and oxygen atoms in total. The van der Waals surface area contributed by atoms with E-state index in [4.69, 9.17) is 21.1 Å². The van der Waals surface area contributed by atoms with E-state index in [-0.39, 0.29) is 6.10 Å². The number of unbranched alkanes of at least 4 members (excludes halogenated alkanes) is 1. The third kappa shape index (κ3) is 5.09. The molecule has 2 N–H and O–H groups in total. The Morgan fingerprint density at radius 1 is 1.30 bits per heavy atom. The van der Waals surface area contributed by atoms with Crippen LogP contribution in [0.25, 0.3) is 11.2 Å². The molecule has 1 aliphatic rings. The maximum absolute atomic E-state index is 12.6. The van der Waals surface area contributed by atoms with Gasteiger partial charge in [0.15, 0.2) is 11.2 Å². The Morgan fingerprint density at radius 3 is 2.88 bits per heavy atom. The standard InChI is InChI=1S/C23H30ClN5O4/c1-3-5-10-29-21-20(22(30)27-23(29)31)28(4-2)19(26-21)13-25-17-12-15(24)8-9-18(17)33-14-16-7-6-11-32-16/h8-9,12,16,25H,3-7,10-11,13-14H2,1-2H3,(H,27,30,31). The van der Waals surface area contributed by atoms with Crippen molar-refractivity contribution in [1.29, 1.82) is 0 Å². The van der Waals surface area contributed by atoms with Gasteiger partial charge in [-0.15, -0.1) is 0 Å². The molecule has 178 valence electrons. The Hall–Kier alpha value is -2.78. The first-order valence-electron chi connectivity index (χ1n) is 11.5. The number of aromatic amines is 1. The van der Waals surface area contributed by atoms with Crippen LogP contribution in [0.2, 0.25) is 5.02 Å². The van der Waals surface area contributed by atoms with Gasteiger partial charge in [-0.05, 0) is 44.4 Å². The lowest BCUT2D eigenvalue weighted by molar-refractivity contribution is 0.0682. The Morgan fingerprint density at radius 2 is 2.15 bits per heavy atom. The largest absolute Gasteiger partial charge is 0.489 e. The molecule has 3 aromatic rings. The number of halogens is 1. The number of ether oxygens (including phenoxy) is 2. The number of nitrogens with one attached hydrogen (secondary N) is 2. The van der Waals surface area contributed by atoms with Crippen LogP contribution in [0.15, 0.2) is 27.8 Å². The first-order valence-corrected chi connectivity index (χ1v) is 11.9. The average molecular weight is 476 g/mol. The zero-order chi connectivity index (χ0) is 23.4. The molecular weight excluding hydrogens is 446 g/mol. The predicted octanol–water partition coefficient (Wildman–Crippen LogP) is 3.53. The summed E-state index contributed by atoms with van der Waals surface area (Å²) in [4.78, 5) is 32.1. The van der Waals surface area contributed by atoms with Crippen molar-refractivity contribution in [1.82, 2.24) is 19.1 Å². The number of imidazole rings is 1. The highest BCUT2D eigenvalue weighted by molar-refractivity contribution is 6.30. The molecule has 0 bridgehead atoms. The number of nitrogens with zero attached hydrogens (tertiary/aromatic N) is 3. The number of H-pyrrole nitrogens is 1. The number of rotatable bonds is 10. The van der Waals surface area contributed by atoms with Gasteiger partial charge in [-0.2, -0.15) is 0 Å². The molecule has 1 fully saturated rings. The van der Waals surface area contributed by atoms with Crippen molar-refractivity contribution in [2.24, 2.45) is 0 Å². The van der Waals surface area contributed by atoms with Crippen LogP contribution < -0.4 is 21.3 Å². The Balaban J connectivity index is 1.62. The van der Waals surface area contributed by atoms with Gasteiger partial charge in [0.2, 0.25) is 0 Å². The van der Waals surface area contributed by atoms with Crippen molar-refractivity contribution in [3.05, 3.63) is 49.9 Å². The summed E-state index contributed by atoms with van der Waals surface area (Å²) in [6.45, 7) is 6.63. The molecule has 0 spiro atoms. The van der Waals surface area contributed by atoms with E-state index in [1.165, 1.54) is 0 Å². The van der Waals surface area contributed by atoms with Crippen molar-refractivity contribution >= 4 is 28.5 Å². The topological polar surface area (TPSA) is 103 Å². The van der Waals surface area contributed by atoms with E-state index in [1.807, 2.05) is 17.6 Å². The molecule has 1 unspecified atom stereocenters. The summed E-state index contributed by atoms with van der Waals surface area (Å²) in [5.41, 5.74) is 0.697. The van der Waals surface area contributed by atoms with E-state index >= 15 is 0 Å². The lowest BCUT2D eigenvalue weighted by Gasteiger charge is -2.16. The predicted molar refractivity (Wildman–Crippen MR) is 128 cm³/mol. The van der Waals surface area contributed by atoms with Crippen LogP contribution in [0.3, 0.4) is 0 Å². The molecule has 2 aromatic heterocycles. The van der Waals surface area contributed by atoms with E-state index < -0.39 is 11.2 Å². The van der Waals surface area contributed by atoms with E-state index in [2.05, 4.69) is 22.2 Å². The monoisotopic (exact) mass is 475 g/mol. The lowest BCUT2D eigenvalue weighted by Crippen LogP contribution is -2.31. The van der Waals surface area contributed by atoms with Crippen molar-refractivity contribution in [3.63, 3.8) is 0 Å². The molecule has 1 aliphatic heterocycles. The molecular formula is C23H30ClN5O4. The number of benzene rings is 1. The zero-order valence-electron chi connectivity index (χ0n) is 19.0. The summed E-state index contributed by atoms with van der Waals surface area (Å²) < 4.78 is 15.0. The van der Waals surface area contributed by atoms with E-state index in [0.717, 1.165) is 38.0 Å². The maximum atomic E-state index is 12.6. The second-order valence-corrected chi connectivity index (χ2v) is 8.59. The molecule has 0 amide bonds. The Kier molecular flexibility index (Phi) is 7.39. The fourth-order valence-electron chi connectivity index (χ4n) is 4.12. The molecule has 4 rings (SSSR count). The number of hydrogen-bond acceptors (Lipinski definition) is 6. The summed E-state index contributed by atoms with van der Waals surface area (Å²) in [5.74, 6) is 1.32. The molecule has 1 atom stereocenters. The molecule has 3 heterocycles. The van der Waals surface area contributed by atoms with Gasteiger partial charge in [0.25, 0.3) is 5.56 Å². The third-order valence-corrected chi connectivity index (χ3v) is 6.08. The van der Waals surface area contributed by atoms with E-state index in [0.29, 0.717) is 54.0 Å². The van der Waals surface area contributed by atoms with Gasteiger partial charge >= 0.3 is 5.69 Å². The summed E-state index contributed by atoms with van der Waals surface area (Å²) >= 11 is 6.23. The normalized spacial score (nSPS) is 15.9. The van der Waals surface area contributed by atoms with Crippen LogP contribution in [-0.4, -0.2) is 38.4 Å². The lowest BCUT2D eigenvalue weighted by atomic mass is 10.2. The highest BCUT2D eigenvalue weighted by atomic mass is 35.5. The van der Waals surface area contributed by atoms with Crippen LogP contribution in [0.1, 0.15) is 45.4 Å². The van der Waals surface area contributed by atoms with Crippen LogP contribution in [0.4, 0.5) is 5.69 Å². The molecule has 0 radical (unpaired) electrons. The number of fused-ring (bicyclic) bond motifs is 1. The minimum absolute atomic E-state index is 0.101. The summed E-state index contributed by atoms with van der Waals surface area (Å²) in [5, 5.41) is 3.92.